The van der Waals surface area contributed by atoms with Crippen molar-refractivity contribution >= 4 is 0 Å². The molecule has 0 saturated carbocycles. The van der Waals surface area contributed by atoms with Crippen LogP contribution in [-0.4, -0.2) is 14.8 Å². The van der Waals surface area contributed by atoms with Gasteiger partial charge in [-0.05, 0) is 13.3 Å². The molecule has 0 amide bonds. The van der Waals surface area contributed by atoms with E-state index in [9.17, 15) is 0 Å². The molecule has 3 nitrogen and oxygen atoms in total. The lowest BCUT2D eigenvalue weighted by Gasteiger charge is -2.01. The Bertz CT molecular complexity index is 474. The first-order valence-corrected chi connectivity index (χ1v) is 6.78. The molecule has 18 heavy (non-hydrogen) atoms. The Morgan fingerprint density at radius 1 is 1.06 bits per heavy atom. The summed E-state index contributed by atoms with van der Waals surface area (Å²) in [5.74, 6) is 1.84. The Hall–Kier alpha value is -1.64. The molecular weight excluding hydrogens is 222 g/mol. The number of aromatic nitrogens is 3. The molecule has 0 spiro atoms. The highest BCUT2D eigenvalue weighted by molar-refractivity contribution is 5.53. The van der Waals surface area contributed by atoms with Gasteiger partial charge < -0.3 is 0 Å². The lowest BCUT2D eigenvalue weighted by atomic mass is 10.2. The SMILES string of the molecule is CCCCCCn1nc(-c2ccccc2)nc1C. The highest BCUT2D eigenvalue weighted by atomic mass is 15.3. The van der Waals surface area contributed by atoms with Gasteiger partial charge in [0.2, 0.25) is 0 Å². The average molecular weight is 243 g/mol. The smallest absolute Gasteiger partial charge is 0.181 e. The minimum absolute atomic E-state index is 0.837. The lowest BCUT2D eigenvalue weighted by molar-refractivity contribution is 0.530. The van der Waals surface area contributed by atoms with Crippen molar-refractivity contribution < 1.29 is 0 Å². The summed E-state index contributed by atoms with van der Waals surface area (Å²) in [5.41, 5.74) is 1.09. The fourth-order valence-electron chi connectivity index (χ4n) is 2.03. The fraction of sp³-hybridized carbons (Fsp3) is 0.467. The van der Waals surface area contributed by atoms with Gasteiger partial charge in [-0.15, -0.1) is 0 Å². The summed E-state index contributed by atoms with van der Waals surface area (Å²) in [4.78, 5) is 4.53. The predicted octanol–water partition coefficient (Wildman–Crippen LogP) is 3.83. The first-order valence-electron chi connectivity index (χ1n) is 6.78. The lowest BCUT2D eigenvalue weighted by Crippen LogP contribution is -2.02. The Kier molecular flexibility index (Phi) is 4.51. The third-order valence-electron chi connectivity index (χ3n) is 3.11. The number of hydrogen-bond acceptors (Lipinski definition) is 2. The standard InChI is InChI=1S/C15H21N3/c1-3-4-5-9-12-18-13(2)16-15(17-18)14-10-7-6-8-11-14/h6-8,10-11H,3-5,9,12H2,1-2H3. The van der Waals surface area contributed by atoms with Crippen molar-refractivity contribution in [2.75, 3.05) is 0 Å². The molecule has 96 valence electrons. The van der Waals surface area contributed by atoms with Gasteiger partial charge >= 0.3 is 0 Å². The van der Waals surface area contributed by atoms with E-state index in [1.807, 2.05) is 29.8 Å². The van der Waals surface area contributed by atoms with E-state index in [-0.39, 0.29) is 0 Å². The van der Waals surface area contributed by atoms with Crippen LogP contribution in [-0.2, 0) is 6.54 Å². The first kappa shape index (κ1) is 12.8. The zero-order chi connectivity index (χ0) is 12.8. The van der Waals surface area contributed by atoms with Crippen LogP contribution in [0.1, 0.15) is 38.4 Å². The molecule has 0 aliphatic heterocycles. The molecule has 0 aliphatic carbocycles. The zero-order valence-corrected chi connectivity index (χ0v) is 11.3. The minimum atomic E-state index is 0.837. The summed E-state index contributed by atoms with van der Waals surface area (Å²) < 4.78 is 2.03. The number of unbranched alkanes of at least 4 members (excludes halogenated alkanes) is 3. The Balaban J connectivity index is 2.03. The third kappa shape index (κ3) is 3.19. The summed E-state index contributed by atoms with van der Waals surface area (Å²) >= 11 is 0. The van der Waals surface area contributed by atoms with Crippen LogP contribution in [0.5, 0.6) is 0 Å². The van der Waals surface area contributed by atoms with Gasteiger partial charge in [0.15, 0.2) is 5.82 Å². The van der Waals surface area contributed by atoms with E-state index in [2.05, 4.69) is 29.1 Å². The van der Waals surface area contributed by atoms with Crippen molar-refractivity contribution in [2.45, 2.75) is 46.1 Å². The van der Waals surface area contributed by atoms with Crippen LogP contribution < -0.4 is 0 Å². The van der Waals surface area contributed by atoms with Crippen LogP contribution in [0, 0.1) is 6.92 Å². The Morgan fingerprint density at radius 2 is 1.83 bits per heavy atom. The largest absolute Gasteiger partial charge is 0.250 e. The maximum atomic E-state index is 4.58. The molecular formula is C15H21N3. The number of hydrogen-bond donors (Lipinski definition) is 0. The van der Waals surface area contributed by atoms with Crippen LogP contribution in [0.15, 0.2) is 30.3 Å². The van der Waals surface area contributed by atoms with Crippen molar-refractivity contribution in [3.8, 4) is 11.4 Å². The second-order valence-electron chi connectivity index (χ2n) is 4.63. The van der Waals surface area contributed by atoms with Gasteiger partial charge in [0, 0.05) is 12.1 Å². The maximum absolute atomic E-state index is 4.58. The minimum Gasteiger partial charge on any atom is -0.250 e. The molecule has 1 aromatic heterocycles. The third-order valence-corrected chi connectivity index (χ3v) is 3.11. The van der Waals surface area contributed by atoms with Crippen LogP contribution in [0.3, 0.4) is 0 Å². The van der Waals surface area contributed by atoms with Crippen LogP contribution >= 0.6 is 0 Å². The summed E-state index contributed by atoms with van der Waals surface area (Å²) in [6.45, 7) is 5.24. The first-order chi connectivity index (χ1) is 8.81. The predicted molar refractivity (Wildman–Crippen MR) is 74.3 cm³/mol. The van der Waals surface area contributed by atoms with E-state index < -0.39 is 0 Å². The molecule has 2 rings (SSSR count). The van der Waals surface area contributed by atoms with Crippen molar-refractivity contribution in [3.63, 3.8) is 0 Å². The Morgan fingerprint density at radius 3 is 2.56 bits per heavy atom. The van der Waals surface area contributed by atoms with E-state index in [1.165, 1.54) is 25.7 Å². The summed E-state index contributed by atoms with van der Waals surface area (Å²) in [7, 11) is 0. The molecule has 3 heteroatoms. The fourth-order valence-corrected chi connectivity index (χ4v) is 2.03. The van der Waals surface area contributed by atoms with Crippen LogP contribution in [0.4, 0.5) is 0 Å². The zero-order valence-electron chi connectivity index (χ0n) is 11.3. The van der Waals surface area contributed by atoms with Crippen molar-refractivity contribution in [3.05, 3.63) is 36.2 Å². The van der Waals surface area contributed by atoms with Crippen molar-refractivity contribution in [2.24, 2.45) is 0 Å². The van der Waals surface area contributed by atoms with Gasteiger partial charge in [-0.25, -0.2) is 9.67 Å². The van der Waals surface area contributed by atoms with E-state index in [1.54, 1.807) is 0 Å². The van der Waals surface area contributed by atoms with Gasteiger partial charge in [-0.1, -0.05) is 56.5 Å². The second-order valence-corrected chi connectivity index (χ2v) is 4.63. The highest BCUT2D eigenvalue weighted by Gasteiger charge is 2.07. The van der Waals surface area contributed by atoms with Gasteiger partial charge in [0.1, 0.15) is 5.82 Å². The quantitative estimate of drug-likeness (QED) is 0.722. The van der Waals surface area contributed by atoms with E-state index in [0.29, 0.717) is 0 Å². The molecule has 0 unspecified atom stereocenters. The van der Waals surface area contributed by atoms with Gasteiger partial charge in [-0.2, -0.15) is 5.10 Å². The van der Waals surface area contributed by atoms with Gasteiger partial charge in [-0.3, -0.25) is 0 Å². The molecule has 0 radical (unpaired) electrons. The number of aryl methyl sites for hydroxylation is 2. The Labute approximate surface area is 109 Å². The number of benzene rings is 1. The topological polar surface area (TPSA) is 30.7 Å². The molecule has 1 heterocycles. The molecule has 0 bridgehead atoms. The summed E-state index contributed by atoms with van der Waals surface area (Å²) in [6, 6.07) is 10.2. The number of nitrogens with zero attached hydrogens (tertiary/aromatic N) is 3. The molecule has 0 N–H and O–H groups in total. The van der Waals surface area contributed by atoms with E-state index in [0.717, 1.165) is 23.8 Å². The molecule has 1 aromatic carbocycles. The second kappa shape index (κ2) is 6.34. The van der Waals surface area contributed by atoms with E-state index in [4.69, 9.17) is 0 Å². The van der Waals surface area contributed by atoms with Crippen LogP contribution in [0.25, 0.3) is 11.4 Å². The van der Waals surface area contributed by atoms with Crippen molar-refractivity contribution in [1.29, 1.82) is 0 Å². The molecule has 2 aromatic rings. The molecule has 0 aliphatic rings. The van der Waals surface area contributed by atoms with E-state index >= 15 is 0 Å². The maximum Gasteiger partial charge on any atom is 0.181 e. The molecule has 0 atom stereocenters. The highest BCUT2D eigenvalue weighted by Crippen LogP contribution is 2.15. The molecule has 0 fully saturated rings. The normalized spacial score (nSPS) is 10.8. The van der Waals surface area contributed by atoms with Crippen molar-refractivity contribution in [1.82, 2.24) is 14.8 Å². The molecule has 0 saturated heterocycles. The summed E-state index contributed by atoms with van der Waals surface area (Å²) in [5, 5.41) is 4.58. The number of rotatable bonds is 6. The van der Waals surface area contributed by atoms with Crippen LogP contribution in [0.2, 0.25) is 0 Å². The monoisotopic (exact) mass is 243 g/mol. The van der Waals surface area contributed by atoms with Gasteiger partial charge in [0.25, 0.3) is 0 Å². The average Bonchev–Trinajstić information content (AvgIpc) is 2.77. The summed E-state index contributed by atoms with van der Waals surface area (Å²) in [6.07, 6.45) is 5.04. The van der Waals surface area contributed by atoms with Gasteiger partial charge in [0.05, 0.1) is 0 Å².